The van der Waals surface area contributed by atoms with Crippen LogP contribution in [-0.4, -0.2) is 43.4 Å². The summed E-state index contributed by atoms with van der Waals surface area (Å²) in [5.41, 5.74) is 1.26. The van der Waals surface area contributed by atoms with Gasteiger partial charge in [0.05, 0.1) is 24.8 Å². The highest BCUT2D eigenvalue weighted by Gasteiger charge is 2.36. The van der Waals surface area contributed by atoms with E-state index in [0.29, 0.717) is 43.2 Å². The number of nitrogens with zero attached hydrogens (tertiary/aromatic N) is 4. The van der Waals surface area contributed by atoms with E-state index in [1.165, 1.54) is 12.1 Å². The maximum Gasteiger partial charge on any atom is 0.356 e. The van der Waals surface area contributed by atoms with Crippen molar-refractivity contribution in [3.63, 3.8) is 0 Å². The minimum Gasteiger partial charge on any atom is -0.378 e. The largest absolute Gasteiger partial charge is 0.378 e. The molecule has 1 aromatic heterocycles. The van der Waals surface area contributed by atoms with E-state index in [9.17, 15) is 18.0 Å². The van der Waals surface area contributed by atoms with Crippen molar-refractivity contribution in [3.05, 3.63) is 58.0 Å². The number of hydrogen-bond acceptors (Lipinski definition) is 5. The number of anilines is 1. The Labute approximate surface area is 195 Å². The third kappa shape index (κ3) is 4.15. The number of amides is 1. The maximum absolute atomic E-state index is 14.7. The molecule has 0 unspecified atom stereocenters. The van der Waals surface area contributed by atoms with E-state index in [1.807, 2.05) is 0 Å². The molecule has 1 aromatic carbocycles. The lowest BCUT2D eigenvalue weighted by Crippen LogP contribution is -2.48. The summed E-state index contributed by atoms with van der Waals surface area (Å²) in [6.07, 6.45) is 0.970. The van der Waals surface area contributed by atoms with Crippen molar-refractivity contribution in [2.75, 3.05) is 31.2 Å². The SMILES string of the molecule is C[C@@H](NC(=O)c1cc(N2CCOCC2)n[n+]2c1=N[C@@H]1CCCCC=21)c1cccc(C(F)F)c1F. The summed E-state index contributed by atoms with van der Waals surface area (Å²) >= 11 is 0. The number of fused-ring (bicyclic) bond motifs is 2. The molecule has 2 aliphatic heterocycles. The van der Waals surface area contributed by atoms with Gasteiger partial charge in [-0.2, -0.15) is 0 Å². The number of nitrogens with one attached hydrogen (secondary N) is 1. The summed E-state index contributed by atoms with van der Waals surface area (Å²) in [5, 5.41) is 7.60. The van der Waals surface area contributed by atoms with Crippen molar-refractivity contribution in [2.24, 2.45) is 4.99 Å². The average molecular weight is 475 g/mol. The van der Waals surface area contributed by atoms with Crippen LogP contribution in [0.1, 0.15) is 66.6 Å². The molecule has 1 aliphatic carbocycles. The number of halogens is 3. The number of morpholine rings is 1. The van der Waals surface area contributed by atoms with Crippen molar-refractivity contribution in [1.29, 1.82) is 0 Å². The Bertz CT molecular complexity index is 1230. The molecule has 3 aliphatic rings. The van der Waals surface area contributed by atoms with E-state index in [1.54, 1.807) is 17.3 Å². The zero-order chi connectivity index (χ0) is 23.8. The van der Waals surface area contributed by atoms with Gasteiger partial charge in [0.2, 0.25) is 6.04 Å². The van der Waals surface area contributed by atoms with Crippen molar-refractivity contribution >= 4 is 11.7 Å². The number of carbonyl (C=O) groups is 1. The van der Waals surface area contributed by atoms with Gasteiger partial charge in [-0.3, -0.25) is 4.79 Å². The molecule has 1 saturated carbocycles. The Balaban J connectivity index is 1.52. The third-order valence-corrected chi connectivity index (χ3v) is 6.70. The predicted octanol–water partition coefficient (Wildman–Crippen LogP) is 2.73. The van der Waals surface area contributed by atoms with Crippen molar-refractivity contribution in [3.8, 4) is 0 Å². The zero-order valence-electron chi connectivity index (χ0n) is 18.9. The molecule has 1 saturated heterocycles. The molecule has 2 aromatic rings. The molecule has 10 heteroatoms. The van der Waals surface area contributed by atoms with Crippen LogP contribution in [0.3, 0.4) is 0 Å². The van der Waals surface area contributed by atoms with E-state index < -0.39 is 29.8 Å². The van der Waals surface area contributed by atoms with Crippen LogP contribution in [-0.2, 0) is 4.74 Å². The first-order valence-electron chi connectivity index (χ1n) is 11.7. The van der Waals surface area contributed by atoms with Crippen LogP contribution < -0.4 is 20.1 Å². The highest BCUT2D eigenvalue weighted by atomic mass is 19.3. The van der Waals surface area contributed by atoms with Gasteiger partial charge >= 0.3 is 5.49 Å². The first-order valence-corrected chi connectivity index (χ1v) is 11.7. The fourth-order valence-corrected chi connectivity index (χ4v) is 4.86. The number of aromatic nitrogens is 2. The van der Waals surface area contributed by atoms with Gasteiger partial charge in [0.1, 0.15) is 11.4 Å². The number of hydrogen-bond donors (Lipinski definition) is 1. The molecule has 1 N–H and O–H groups in total. The lowest BCUT2D eigenvalue weighted by Gasteiger charge is -2.27. The van der Waals surface area contributed by atoms with Crippen LogP contribution >= 0.6 is 0 Å². The molecule has 3 heterocycles. The second-order valence-corrected chi connectivity index (χ2v) is 8.88. The summed E-state index contributed by atoms with van der Waals surface area (Å²) in [7, 11) is 0. The summed E-state index contributed by atoms with van der Waals surface area (Å²) in [6.45, 7) is 4.04. The highest BCUT2D eigenvalue weighted by Crippen LogP contribution is 2.28. The second-order valence-electron chi connectivity index (χ2n) is 8.88. The fraction of sp³-hybridized carbons (Fsp3) is 0.500. The number of alkyl halides is 2. The smallest absolute Gasteiger partial charge is 0.356 e. The Kier molecular flexibility index (Phi) is 6.24. The van der Waals surface area contributed by atoms with Crippen LogP contribution in [0.25, 0.3) is 0 Å². The van der Waals surface area contributed by atoms with E-state index in [4.69, 9.17) is 14.8 Å². The van der Waals surface area contributed by atoms with Gasteiger partial charge in [0.15, 0.2) is 11.5 Å². The predicted molar refractivity (Wildman–Crippen MR) is 117 cm³/mol. The number of carbonyl (C=O) groups excluding carboxylic acids is 1. The molecule has 0 spiro atoms. The average Bonchev–Trinajstić information content (AvgIpc) is 3.22. The fourth-order valence-electron chi connectivity index (χ4n) is 4.86. The van der Waals surface area contributed by atoms with Crippen LogP contribution in [0.2, 0.25) is 0 Å². The molecule has 0 bridgehead atoms. The quantitative estimate of drug-likeness (QED) is 0.677. The molecular weight excluding hydrogens is 447 g/mol. The molecule has 1 amide bonds. The van der Waals surface area contributed by atoms with Crippen LogP contribution in [0.5, 0.6) is 0 Å². The van der Waals surface area contributed by atoms with Gasteiger partial charge in [-0.05, 0) is 26.2 Å². The molecule has 2 atom stereocenters. The zero-order valence-corrected chi connectivity index (χ0v) is 18.9. The van der Waals surface area contributed by atoms with E-state index in [-0.39, 0.29) is 11.6 Å². The van der Waals surface area contributed by atoms with E-state index in [0.717, 1.165) is 37.5 Å². The number of ether oxygens (including phenoxy) is 1. The molecule has 5 rings (SSSR count). The van der Waals surface area contributed by atoms with Crippen LogP contribution in [0, 0.1) is 11.5 Å². The normalized spacial score (nSPS) is 20.6. The summed E-state index contributed by atoms with van der Waals surface area (Å²) in [4.78, 5) is 20.3. The molecule has 34 heavy (non-hydrogen) atoms. The molecule has 0 radical (unpaired) electrons. The van der Waals surface area contributed by atoms with Gasteiger partial charge in [-0.25, -0.2) is 13.2 Å². The first-order chi connectivity index (χ1) is 16.4. The Morgan fingerprint density at radius 3 is 2.76 bits per heavy atom. The topological polar surface area (TPSA) is 72.7 Å². The van der Waals surface area contributed by atoms with Gasteiger partial charge in [0, 0.05) is 31.1 Å². The molecule has 180 valence electrons. The van der Waals surface area contributed by atoms with E-state index in [2.05, 4.69) is 10.2 Å². The second kappa shape index (κ2) is 9.32. The van der Waals surface area contributed by atoms with Crippen LogP contribution in [0.4, 0.5) is 19.0 Å². The molecule has 7 nitrogen and oxygen atoms in total. The summed E-state index contributed by atoms with van der Waals surface area (Å²) in [5.74, 6) is -0.789. The summed E-state index contributed by atoms with van der Waals surface area (Å²) in [6, 6.07) is 4.74. The van der Waals surface area contributed by atoms with Gasteiger partial charge in [0.25, 0.3) is 12.3 Å². The van der Waals surface area contributed by atoms with Crippen molar-refractivity contribution in [1.82, 2.24) is 10.4 Å². The molecular formula is C24H27F3N5O2+. The molecule has 2 fully saturated rings. The number of rotatable bonds is 5. The minimum atomic E-state index is -2.93. The Hall–Kier alpha value is -3.01. The lowest BCUT2D eigenvalue weighted by molar-refractivity contribution is -0.602. The highest BCUT2D eigenvalue weighted by molar-refractivity contribution is 5.94. The lowest BCUT2D eigenvalue weighted by atomic mass is 9.94. The third-order valence-electron chi connectivity index (χ3n) is 6.70. The van der Waals surface area contributed by atoms with E-state index >= 15 is 0 Å². The number of benzene rings is 1. The Morgan fingerprint density at radius 2 is 2.00 bits per heavy atom. The van der Waals surface area contributed by atoms with Gasteiger partial charge in [-0.15, -0.1) is 0 Å². The first kappa shape index (κ1) is 22.8. The summed E-state index contributed by atoms with van der Waals surface area (Å²) < 4.78 is 48.2. The van der Waals surface area contributed by atoms with Crippen molar-refractivity contribution in [2.45, 2.75) is 51.1 Å². The van der Waals surface area contributed by atoms with Gasteiger partial charge < -0.3 is 15.0 Å². The minimum absolute atomic E-state index is 0.00494. The van der Waals surface area contributed by atoms with Crippen LogP contribution in [0.15, 0.2) is 29.3 Å². The standard InChI is InChI=1S/C24H26F3N5O2/c1-14(15-5-4-6-16(21(15)25)22(26)27)28-24(33)17-13-20(31-9-11-34-12-10-31)30-32-19-8-3-2-7-18(19)29-23(17)32/h4-6,13-14,18,22H,2-3,7-12H2,1H3/p+1/t14-,18-/m1/s1. The monoisotopic (exact) mass is 474 g/mol. The Morgan fingerprint density at radius 1 is 1.24 bits per heavy atom. The maximum atomic E-state index is 14.7. The van der Waals surface area contributed by atoms with Crippen molar-refractivity contribution < 1.29 is 27.1 Å². The van der Waals surface area contributed by atoms with Gasteiger partial charge in [-0.1, -0.05) is 32.6 Å².